The molecule has 3 nitrogen and oxygen atoms in total. The van der Waals surface area contributed by atoms with Gasteiger partial charge in [-0.2, -0.15) is 0 Å². The van der Waals surface area contributed by atoms with E-state index < -0.39 is 0 Å². The fraction of sp³-hybridized carbons (Fsp3) is 1.00. The predicted octanol–water partition coefficient (Wildman–Crippen LogP) is 3.14. The second kappa shape index (κ2) is 6.11. The highest BCUT2D eigenvalue weighted by atomic mass is 16.5. The summed E-state index contributed by atoms with van der Waals surface area (Å²) in [5, 5.41) is 0. The minimum absolute atomic E-state index is 0.217. The van der Waals surface area contributed by atoms with E-state index in [-0.39, 0.29) is 5.60 Å². The lowest BCUT2D eigenvalue weighted by Crippen LogP contribution is -2.51. The summed E-state index contributed by atoms with van der Waals surface area (Å²) in [5.74, 6) is 7.46. The fourth-order valence-corrected chi connectivity index (χ4v) is 4.89. The summed E-state index contributed by atoms with van der Waals surface area (Å²) in [6.07, 6.45) is 14.7. The Bertz CT molecular complexity index is 277. The molecule has 0 bridgehead atoms. The molecule has 1 heterocycles. The minimum atomic E-state index is 0.217. The zero-order valence-corrected chi connectivity index (χ0v) is 12.2. The molecular formula is C16H30N2O. The predicted molar refractivity (Wildman–Crippen MR) is 77.6 cm³/mol. The molecule has 3 heteroatoms. The average molecular weight is 266 g/mol. The van der Waals surface area contributed by atoms with Crippen LogP contribution in [-0.2, 0) is 4.74 Å². The Balaban J connectivity index is 1.65. The fourth-order valence-electron chi connectivity index (χ4n) is 4.89. The second-order valence-electron chi connectivity index (χ2n) is 7.08. The number of nitrogens with two attached hydrogens (primary N) is 1. The van der Waals surface area contributed by atoms with Crippen LogP contribution in [0.3, 0.4) is 0 Å². The first kappa shape index (κ1) is 13.8. The van der Waals surface area contributed by atoms with Crippen LogP contribution in [0.4, 0.5) is 0 Å². The van der Waals surface area contributed by atoms with Gasteiger partial charge in [0.05, 0.1) is 5.60 Å². The van der Waals surface area contributed by atoms with E-state index in [9.17, 15) is 0 Å². The van der Waals surface area contributed by atoms with Crippen molar-refractivity contribution in [2.75, 3.05) is 6.61 Å². The average Bonchev–Trinajstić information content (AvgIpc) is 2.95. The molecule has 19 heavy (non-hydrogen) atoms. The van der Waals surface area contributed by atoms with Gasteiger partial charge in [0.2, 0.25) is 0 Å². The van der Waals surface area contributed by atoms with Crippen molar-refractivity contribution in [3.63, 3.8) is 0 Å². The van der Waals surface area contributed by atoms with Crippen molar-refractivity contribution >= 4 is 0 Å². The van der Waals surface area contributed by atoms with E-state index in [2.05, 4.69) is 5.43 Å². The Kier molecular flexibility index (Phi) is 4.45. The van der Waals surface area contributed by atoms with Crippen LogP contribution in [0.25, 0.3) is 0 Å². The summed E-state index contributed by atoms with van der Waals surface area (Å²) < 4.78 is 6.23. The Morgan fingerprint density at radius 3 is 2.37 bits per heavy atom. The van der Waals surface area contributed by atoms with Crippen molar-refractivity contribution in [1.82, 2.24) is 5.43 Å². The topological polar surface area (TPSA) is 47.3 Å². The molecule has 1 saturated heterocycles. The zero-order valence-electron chi connectivity index (χ0n) is 12.2. The Labute approximate surface area is 117 Å². The van der Waals surface area contributed by atoms with Gasteiger partial charge in [-0.15, -0.1) is 0 Å². The molecule has 110 valence electrons. The van der Waals surface area contributed by atoms with Crippen LogP contribution >= 0.6 is 0 Å². The maximum absolute atomic E-state index is 6.23. The molecule has 0 aromatic rings. The van der Waals surface area contributed by atoms with Crippen LogP contribution in [0.15, 0.2) is 0 Å². The SMILES string of the molecule is NNC(C1CCCC1)C1CCOC2(CCCCC2)C1. The standard InChI is InChI=1S/C16H30N2O/c17-18-15(13-6-2-3-7-13)14-8-11-19-16(12-14)9-4-1-5-10-16/h13-15,18H,1-12,17H2. The molecule has 0 aromatic carbocycles. The van der Waals surface area contributed by atoms with E-state index in [1.807, 2.05) is 0 Å². The van der Waals surface area contributed by atoms with Crippen LogP contribution in [0.5, 0.6) is 0 Å². The van der Waals surface area contributed by atoms with Crippen molar-refractivity contribution in [2.45, 2.75) is 82.3 Å². The molecule has 0 radical (unpaired) electrons. The third-order valence-electron chi connectivity index (χ3n) is 5.90. The van der Waals surface area contributed by atoms with Gasteiger partial charge in [-0.1, -0.05) is 32.1 Å². The lowest BCUT2D eigenvalue weighted by atomic mass is 9.72. The summed E-state index contributed by atoms with van der Waals surface area (Å²) in [5.41, 5.74) is 3.40. The number of hydrogen-bond donors (Lipinski definition) is 2. The zero-order chi connectivity index (χ0) is 13.1. The van der Waals surface area contributed by atoms with E-state index in [1.54, 1.807) is 0 Å². The number of hydrogen-bond acceptors (Lipinski definition) is 3. The van der Waals surface area contributed by atoms with Crippen molar-refractivity contribution in [2.24, 2.45) is 17.7 Å². The molecule has 1 aliphatic heterocycles. The lowest BCUT2D eigenvalue weighted by molar-refractivity contribution is -0.124. The van der Waals surface area contributed by atoms with Gasteiger partial charge < -0.3 is 4.74 Å². The van der Waals surface area contributed by atoms with Gasteiger partial charge >= 0.3 is 0 Å². The Hall–Kier alpha value is -0.120. The van der Waals surface area contributed by atoms with Crippen molar-refractivity contribution in [1.29, 1.82) is 0 Å². The first-order valence-corrected chi connectivity index (χ1v) is 8.43. The van der Waals surface area contributed by atoms with Gasteiger partial charge in [0, 0.05) is 12.6 Å². The highest BCUT2D eigenvalue weighted by molar-refractivity contribution is 4.95. The molecule has 3 N–H and O–H groups in total. The minimum Gasteiger partial charge on any atom is -0.375 e. The van der Waals surface area contributed by atoms with Crippen LogP contribution < -0.4 is 11.3 Å². The molecule has 3 fully saturated rings. The largest absolute Gasteiger partial charge is 0.375 e. The number of hydrazine groups is 1. The third-order valence-corrected chi connectivity index (χ3v) is 5.90. The first-order valence-electron chi connectivity index (χ1n) is 8.43. The van der Waals surface area contributed by atoms with Gasteiger partial charge in [-0.3, -0.25) is 11.3 Å². The van der Waals surface area contributed by atoms with Crippen LogP contribution in [0.2, 0.25) is 0 Å². The van der Waals surface area contributed by atoms with E-state index >= 15 is 0 Å². The first-order chi connectivity index (χ1) is 9.33. The molecule has 2 aliphatic carbocycles. The lowest BCUT2D eigenvalue weighted by Gasteiger charge is -2.46. The van der Waals surface area contributed by atoms with Gasteiger partial charge in [0.1, 0.15) is 0 Å². The van der Waals surface area contributed by atoms with Crippen LogP contribution in [-0.4, -0.2) is 18.2 Å². The number of nitrogens with one attached hydrogen (secondary N) is 1. The maximum Gasteiger partial charge on any atom is 0.0685 e. The third kappa shape index (κ3) is 2.98. The Morgan fingerprint density at radius 1 is 0.947 bits per heavy atom. The van der Waals surface area contributed by atoms with E-state index in [0.29, 0.717) is 6.04 Å². The normalized spacial score (nSPS) is 33.6. The number of ether oxygens (including phenoxy) is 1. The smallest absolute Gasteiger partial charge is 0.0685 e. The van der Waals surface area contributed by atoms with E-state index in [4.69, 9.17) is 10.6 Å². The van der Waals surface area contributed by atoms with Gasteiger partial charge in [-0.25, -0.2) is 0 Å². The van der Waals surface area contributed by atoms with Crippen molar-refractivity contribution in [3.8, 4) is 0 Å². The Morgan fingerprint density at radius 2 is 1.68 bits per heavy atom. The van der Waals surface area contributed by atoms with Crippen molar-refractivity contribution < 1.29 is 4.74 Å². The molecule has 0 amide bonds. The maximum atomic E-state index is 6.23. The highest BCUT2D eigenvalue weighted by Gasteiger charge is 2.42. The second-order valence-corrected chi connectivity index (χ2v) is 7.08. The quantitative estimate of drug-likeness (QED) is 0.609. The van der Waals surface area contributed by atoms with Gasteiger partial charge in [-0.05, 0) is 50.4 Å². The number of rotatable bonds is 3. The van der Waals surface area contributed by atoms with E-state index in [1.165, 1.54) is 70.6 Å². The molecular weight excluding hydrogens is 236 g/mol. The van der Waals surface area contributed by atoms with Crippen LogP contribution in [0.1, 0.15) is 70.6 Å². The monoisotopic (exact) mass is 266 g/mol. The van der Waals surface area contributed by atoms with Gasteiger partial charge in [0.15, 0.2) is 0 Å². The van der Waals surface area contributed by atoms with Gasteiger partial charge in [0.25, 0.3) is 0 Å². The molecule has 2 saturated carbocycles. The molecule has 0 aromatic heterocycles. The van der Waals surface area contributed by atoms with Crippen molar-refractivity contribution in [3.05, 3.63) is 0 Å². The van der Waals surface area contributed by atoms with E-state index in [0.717, 1.165) is 18.4 Å². The highest BCUT2D eigenvalue weighted by Crippen LogP contribution is 2.43. The summed E-state index contributed by atoms with van der Waals surface area (Å²) in [7, 11) is 0. The summed E-state index contributed by atoms with van der Waals surface area (Å²) >= 11 is 0. The molecule has 2 atom stereocenters. The summed E-state index contributed by atoms with van der Waals surface area (Å²) in [4.78, 5) is 0. The summed E-state index contributed by atoms with van der Waals surface area (Å²) in [6, 6.07) is 0.533. The molecule has 1 spiro atoms. The van der Waals surface area contributed by atoms with Crippen LogP contribution in [0, 0.1) is 11.8 Å². The summed E-state index contributed by atoms with van der Waals surface area (Å²) in [6.45, 7) is 0.954. The molecule has 2 unspecified atom stereocenters. The molecule has 3 aliphatic rings. The molecule has 3 rings (SSSR count).